The van der Waals surface area contributed by atoms with Gasteiger partial charge in [-0.2, -0.15) is 5.10 Å². The quantitative estimate of drug-likeness (QED) is 0.324. The topological polar surface area (TPSA) is 115 Å². The highest BCUT2D eigenvalue weighted by Gasteiger charge is 2.33. The Kier molecular flexibility index (Phi) is 7.18. The van der Waals surface area contributed by atoms with Gasteiger partial charge in [0.2, 0.25) is 5.43 Å². The molecule has 0 atom stereocenters. The van der Waals surface area contributed by atoms with Crippen LogP contribution in [0.4, 0.5) is 20.2 Å². The number of aromatic nitrogens is 4. The molecule has 0 saturated carbocycles. The van der Waals surface area contributed by atoms with E-state index in [4.69, 9.17) is 14.2 Å². The van der Waals surface area contributed by atoms with Crippen molar-refractivity contribution in [3.8, 4) is 22.8 Å². The Morgan fingerprint density at radius 1 is 0.818 bits per heavy atom. The lowest BCUT2D eigenvalue weighted by Crippen LogP contribution is -2.40. The van der Waals surface area contributed by atoms with Crippen molar-refractivity contribution in [3.63, 3.8) is 0 Å². The second-order valence-corrected chi connectivity index (χ2v) is 10.5. The van der Waals surface area contributed by atoms with Gasteiger partial charge in [-0.15, -0.1) is 0 Å². The Morgan fingerprint density at radius 2 is 1.45 bits per heavy atom. The van der Waals surface area contributed by atoms with Crippen LogP contribution in [-0.2, 0) is 9.47 Å². The summed E-state index contributed by atoms with van der Waals surface area (Å²) in [6, 6.07) is 13.5. The number of anilines is 2. The van der Waals surface area contributed by atoms with Crippen LogP contribution in [0.5, 0.6) is 5.75 Å². The third kappa shape index (κ3) is 4.64. The minimum Gasteiger partial charge on any atom is -0.497 e. The van der Waals surface area contributed by atoms with E-state index >= 15 is 8.78 Å². The number of para-hydroxylation sites is 2. The van der Waals surface area contributed by atoms with Gasteiger partial charge < -0.3 is 29.0 Å². The summed E-state index contributed by atoms with van der Waals surface area (Å²) in [4.78, 5) is 38.2. The molecule has 44 heavy (non-hydrogen) atoms. The number of nitrogens with zero attached hydrogens (tertiary/aromatic N) is 5. The average molecular weight is 603 g/mol. The van der Waals surface area contributed by atoms with Crippen LogP contribution < -0.4 is 25.5 Å². The number of benzene rings is 3. The van der Waals surface area contributed by atoms with Gasteiger partial charge in [0, 0.05) is 26.2 Å². The summed E-state index contributed by atoms with van der Waals surface area (Å²) < 4.78 is 51.2. The van der Waals surface area contributed by atoms with Crippen molar-refractivity contribution in [1.82, 2.24) is 19.7 Å². The number of hydrogen-bond acceptors (Lipinski definition) is 9. The molecule has 11 nitrogen and oxygen atoms in total. The zero-order valence-electron chi connectivity index (χ0n) is 23.8. The zero-order chi connectivity index (χ0) is 30.4. The Balaban J connectivity index is 1.62. The lowest BCUT2D eigenvalue weighted by Gasteiger charge is -2.34. The highest BCUT2D eigenvalue weighted by atomic mass is 19.1. The van der Waals surface area contributed by atoms with Gasteiger partial charge in [0.1, 0.15) is 17.0 Å². The molecule has 0 amide bonds. The summed E-state index contributed by atoms with van der Waals surface area (Å²) in [6.07, 6.45) is 0. The summed E-state index contributed by atoms with van der Waals surface area (Å²) in [6.45, 7) is 2.24. The SMILES string of the molecule is COc1ccc(-n2nc(-c3nc4ccccc4[nH]c3=O)c(=O)c3c(N4CCOCC4)c(F)c(N4CCOCC4)c(F)c32)cc1. The van der Waals surface area contributed by atoms with Gasteiger partial charge in [-0.05, 0) is 36.4 Å². The predicted molar refractivity (Wildman–Crippen MR) is 161 cm³/mol. The molecule has 0 aliphatic carbocycles. The zero-order valence-corrected chi connectivity index (χ0v) is 23.8. The van der Waals surface area contributed by atoms with Gasteiger partial charge >= 0.3 is 0 Å². The molecule has 0 spiro atoms. The molecule has 2 saturated heterocycles. The molecular formula is C31H28F2N6O5. The number of rotatable bonds is 5. The standard InChI is InChI=1S/C31H28F2N6O5/c1-42-19-8-6-18(7-9-19)39-28-22(30(40)25(36-39)26-31(41)35-21-5-3-2-4-20(21)34-26)27(37-10-14-43-15-11-37)23(32)29(24(28)33)38-12-16-44-17-13-38/h2-9H,10-17H2,1H3,(H,35,41). The number of hydrogen-bond donors (Lipinski definition) is 1. The molecule has 2 aliphatic rings. The minimum absolute atomic E-state index is 0.0701. The van der Waals surface area contributed by atoms with Crippen LogP contribution in [0.15, 0.2) is 58.1 Å². The lowest BCUT2D eigenvalue weighted by molar-refractivity contribution is 0.121. The molecule has 5 aromatic rings. The van der Waals surface area contributed by atoms with E-state index < -0.39 is 22.6 Å². The average Bonchev–Trinajstić information content (AvgIpc) is 3.06. The Hall–Kier alpha value is -4.88. The number of fused-ring (bicyclic) bond motifs is 2. The van der Waals surface area contributed by atoms with Crippen molar-refractivity contribution in [3.05, 3.63) is 80.7 Å². The highest BCUT2D eigenvalue weighted by Crippen LogP contribution is 2.40. The Morgan fingerprint density at radius 3 is 2.11 bits per heavy atom. The van der Waals surface area contributed by atoms with E-state index in [-0.39, 0.29) is 59.8 Å². The summed E-state index contributed by atoms with van der Waals surface area (Å²) in [5, 5.41) is 4.32. The first-order valence-electron chi connectivity index (χ1n) is 14.2. The predicted octanol–water partition coefficient (Wildman–Crippen LogP) is 3.25. The van der Waals surface area contributed by atoms with E-state index in [2.05, 4.69) is 15.1 Å². The van der Waals surface area contributed by atoms with Crippen LogP contribution in [-0.4, -0.2) is 79.5 Å². The molecule has 226 valence electrons. The summed E-state index contributed by atoms with van der Waals surface area (Å²) >= 11 is 0. The lowest BCUT2D eigenvalue weighted by atomic mass is 10.1. The van der Waals surface area contributed by atoms with E-state index in [1.165, 1.54) is 11.8 Å². The number of H-pyrrole nitrogens is 1. The van der Waals surface area contributed by atoms with Crippen molar-refractivity contribution in [2.75, 3.05) is 69.5 Å². The molecule has 7 rings (SSSR count). The van der Waals surface area contributed by atoms with Crippen molar-refractivity contribution in [2.45, 2.75) is 0 Å². The van der Waals surface area contributed by atoms with Crippen LogP contribution in [0.25, 0.3) is 39.0 Å². The number of nitrogens with one attached hydrogen (secondary N) is 1. The second-order valence-electron chi connectivity index (χ2n) is 10.5. The van der Waals surface area contributed by atoms with Crippen molar-refractivity contribution < 1.29 is 23.0 Å². The minimum atomic E-state index is -0.941. The summed E-state index contributed by atoms with van der Waals surface area (Å²) in [7, 11) is 1.52. The summed E-state index contributed by atoms with van der Waals surface area (Å²) in [5.74, 6) is -1.26. The number of aromatic amines is 1. The van der Waals surface area contributed by atoms with E-state index in [1.807, 2.05) is 0 Å². The first kappa shape index (κ1) is 27.9. The Bertz CT molecular complexity index is 2000. The van der Waals surface area contributed by atoms with E-state index in [0.717, 1.165) is 0 Å². The molecule has 0 bridgehead atoms. The molecule has 2 fully saturated rings. The number of halogens is 2. The van der Waals surface area contributed by atoms with Crippen LogP contribution in [0.2, 0.25) is 0 Å². The van der Waals surface area contributed by atoms with E-state index in [9.17, 15) is 9.59 Å². The maximum absolute atomic E-state index is 16.9. The molecule has 13 heteroatoms. The number of ether oxygens (including phenoxy) is 3. The largest absolute Gasteiger partial charge is 0.497 e. The van der Waals surface area contributed by atoms with Crippen LogP contribution >= 0.6 is 0 Å². The fourth-order valence-electron chi connectivity index (χ4n) is 5.78. The van der Waals surface area contributed by atoms with Crippen LogP contribution in [0.1, 0.15) is 0 Å². The van der Waals surface area contributed by atoms with Crippen LogP contribution in [0, 0.1) is 11.6 Å². The van der Waals surface area contributed by atoms with E-state index in [1.54, 1.807) is 58.3 Å². The van der Waals surface area contributed by atoms with Gasteiger partial charge in [0.25, 0.3) is 5.56 Å². The first-order chi connectivity index (χ1) is 21.5. The molecule has 3 aromatic carbocycles. The van der Waals surface area contributed by atoms with Gasteiger partial charge in [-0.3, -0.25) is 9.59 Å². The van der Waals surface area contributed by atoms with Crippen molar-refractivity contribution in [1.29, 1.82) is 0 Å². The van der Waals surface area contributed by atoms with Crippen LogP contribution in [0.3, 0.4) is 0 Å². The monoisotopic (exact) mass is 602 g/mol. The molecule has 2 aliphatic heterocycles. The normalized spacial score (nSPS) is 15.7. The maximum atomic E-state index is 16.9. The molecule has 0 unspecified atom stereocenters. The van der Waals surface area contributed by atoms with Crippen molar-refractivity contribution >= 4 is 33.3 Å². The molecule has 0 radical (unpaired) electrons. The molecule has 4 heterocycles. The first-order valence-corrected chi connectivity index (χ1v) is 14.2. The molecular weight excluding hydrogens is 574 g/mol. The van der Waals surface area contributed by atoms with Gasteiger partial charge in [0.15, 0.2) is 23.0 Å². The fraction of sp³-hybridized carbons (Fsp3) is 0.290. The second kappa shape index (κ2) is 11.3. The molecule has 2 aromatic heterocycles. The number of methoxy groups -OCH3 is 1. The van der Waals surface area contributed by atoms with Crippen molar-refractivity contribution in [2.24, 2.45) is 0 Å². The van der Waals surface area contributed by atoms with E-state index in [0.29, 0.717) is 48.9 Å². The Labute approximate surface area is 249 Å². The smallest absolute Gasteiger partial charge is 0.276 e. The summed E-state index contributed by atoms with van der Waals surface area (Å²) in [5.41, 5.74) is -1.37. The third-order valence-electron chi connectivity index (χ3n) is 7.95. The maximum Gasteiger partial charge on any atom is 0.276 e. The number of morpholine rings is 2. The van der Waals surface area contributed by atoms with Gasteiger partial charge in [-0.25, -0.2) is 18.4 Å². The third-order valence-corrected chi connectivity index (χ3v) is 7.95. The molecule has 1 N–H and O–H groups in total. The van der Waals surface area contributed by atoms with Gasteiger partial charge in [0.05, 0.1) is 61.3 Å². The highest BCUT2D eigenvalue weighted by molar-refractivity contribution is 5.98. The van der Waals surface area contributed by atoms with Gasteiger partial charge in [-0.1, -0.05) is 12.1 Å². The fourth-order valence-corrected chi connectivity index (χ4v) is 5.78.